The maximum absolute atomic E-state index is 12.2. The quantitative estimate of drug-likeness (QED) is 0.746. The van der Waals surface area contributed by atoms with Gasteiger partial charge in [-0.2, -0.15) is 11.8 Å². The lowest BCUT2D eigenvalue weighted by molar-refractivity contribution is -0.151. The summed E-state index contributed by atoms with van der Waals surface area (Å²) in [6, 6.07) is -0.117. The number of carbonyl (C=O) groups excluding carboxylic acids is 2. The van der Waals surface area contributed by atoms with E-state index in [4.69, 9.17) is 4.74 Å². The molecule has 6 heteroatoms. The first kappa shape index (κ1) is 13.7. The summed E-state index contributed by atoms with van der Waals surface area (Å²) in [5.74, 6) is 1.87. The zero-order valence-electron chi connectivity index (χ0n) is 10.7. The number of esters is 1. The highest BCUT2D eigenvalue weighted by Crippen LogP contribution is 2.21. The first-order valence-corrected chi connectivity index (χ1v) is 7.56. The molecule has 0 spiro atoms. The van der Waals surface area contributed by atoms with Crippen molar-refractivity contribution in [1.82, 2.24) is 10.2 Å². The molecule has 2 aliphatic heterocycles. The predicted molar refractivity (Wildman–Crippen MR) is 70.5 cm³/mol. The summed E-state index contributed by atoms with van der Waals surface area (Å²) in [4.78, 5) is 25.5. The molecular weight excluding hydrogens is 252 g/mol. The van der Waals surface area contributed by atoms with E-state index in [-0.39, 0.29) is 24.0 Å². The molecule has 2 aliphatic rings. The van der Waals surface area contributed by atoms with Crippen LogP contribution in [0.5, 0.6) is 0 Å². The number of nitrogens with one attached hydrogen (secondary N) is 1. The summed E-state index contributed by atoms with van der Waals surface area (Å²) < 4.78 is 4.75. The average molecular weight is 272 g/mol. The molecule has 1 amide bonds. The van der Waals surface area contributed by atoms with Gasteiger partial charge in [0, 0.05) is 37.1 Å². The van der Waals surface area contributed by atoms with E-state index in [0.717, 1.165) is 30.9 Å². The second-order valence-electron chi connectivity index (χ2n) is 4.70. The number of likely N-dealkylation sites (tertiary alicyclic amines) is 1. The molecule has 0 radical (unpaired) electrons. The summed E-state index contributed by atoms with van der Waals surface area (Å²) in [6.07, 6.45) is 2.10. The molecule has 2 atom stereocenters. The van der Waals surface area contributed by atoms with Crippen molar-refractivity contribution >= 4 is 23.6 Å². The lowest BCUT2D eigenvalue weighted by Gasteiger charge is -2.27. The fourth-order valence-corrected chi connectivity index (χ4v) is 3.47. The first-order valence-electron chi connectivity index (χ1n) is 6.41. The van der Waals surface area contributed by atoms with Crippen molar-refractivity contribution in [1.29, 1.82) is 0 Å². The van der Waals surface area contributed by atoms with Crippen molar-refractivity contribution in [3.63, 3.8) is 0 Å². The average Bonchev–Trinajstić information content (AvgIpc) is 2.88. The lowest BCUT2D eigenvalue weighted by Crippen LogP contribution is -2.46. The van der Waals surface area contributed by atoms with E-state index in [2.05, 4.69) is 5.32 Å². The molecule has 5 nitrogen and oxygen atoms in total. The Morgan fingerprint density at radius 3 is 3.00 bits per heavy atom. The minimum absolute atomic E-state index is 0.0721. The van der Waals surface area contributed by atoms with Crippen LogP contribution in [0.1, 0.15) is 19.3 Å². The van der Waals surface area contributed by atoms with E-state index in [1.165, 1.54) is 7.11 Å². The fourth-order valence-electron chi connectivity index (χ4n) is 2.53. The lowest BCUT2D eigenvalue weighted by atomic mass is 10.2. The molecule has 2 rings (SSSR count). The Morgan fingerprint density at radius 1 is 1.50 bits per heavy atom. The smallest absolute Gasteiger partial charge is 0.328 e. The van der Waals surface area contributed by atoms with Crippen LogP contribution in [0.15, 0.2) is 0 Å². The second-order valence-corrected chi connectivity index (χ2v) is 5.85. The topological polar surface area (TPSA) is 58.6 Å². The highest BCUT2D eigenvalue weighted by Gasteiger charge is 2.35. The Kier molecular flexibility index (Phi) is 4.88. The van der Waals surface area contributed by atoms with E-state index in [0.29, 0.717) is 13.0 Å². The third-order valence-electron chi connectivity index (χ3n) is 3.47. The number of rotatable bonds is 3. The van der Waals surface area contributed by atoms with Crippen molar-refractivity contribution < 1.29 is 14.3 Å². The number of hydrogen-bond donors (Lipinski definition) is 1. The van der Waals surface area contributed by atoms with Crippen LogP contribution in [0.3, 0.4) is 0 Å². The molecule has 2 saturated heterocycles. The van der Waals surface area contributed by atoms with Gasteiger partial charge in [-0.15, -0.1) is 0 Å². The molecule has 2 fully saturated rings. The van der Waals surface area contributed by atoms with Gasteiger partial charge in [0.2, 0.25) is 5.91 Å². The summed E-state index contributed by atoms with van der Waals surface area (Å²) in [5, 5.41) is 3.35. The highest BCUT2D eigenvalue weighted by molar-refractivity contribution is 7.99. The Bertz CT molecular complexity index is 318. The number of carbonyl (C=O) groups is 2. The number of amides is 1. The molecule has 18 heavy (non-hydrogen) atoms. The Morgan fingerprint density at radius 2 is 2.33 bits per heavy atom. The molecule has 2 heterocycles. The standard InChI is InChI=1S/C12H20N2O3S/c1-17-12(16)10-3-2-5-14(10)11(15)7-9-8-18-6-4-13-9/h9-10,13H,2-8H2,1H3. The van der Waals surface area contributed by atoms with Crippen LogP contribution in [-0.4, -0.2) is 60.6 Å². The van der Waals surface area contributed by atoms with Gasteiger partial charge in [-0.05, 0) is 12.8 Å². The van der Waals surface area contributed by atoms with Gasteiger partial charge in [0.1, 0.15) is 6.04 Å². The van der Waals surface area contributed by atoms with Gasteiger partial charge < -0.3 is 15.0 Å². The van der Waals surface area contributed by atoms with Gasteiger partial charge in [-0.1, -0.05) is 0 Å². The Balaban J connectivity index is 1.89. The number of thioether (sulfide) groups is 1. The molecule has 0 bridgehead atoms. The van der Waals surface area contributed by atoms with Crippen molar-refractivity contribution in [3.8, 4) is 0 Å². The van der Waals surface area contributed by atoms with Crippen LogP contribution >= 0.6 is 11.8 Å². The van der Waals surface area contributed by atoms with Gasteiger partial charge in [-0.3, -0.25) is 4.79 Å². The molecule has 2 unspecified atom stereocenters. The van der Waals surface area contributed by atoms with Crippen molar-refractivity contribution in [3.05, 3.63) is 0 Å². The maximum Gasteiger partial charge on any atom is 0.328 e. The van der Waals surface area contributed by atoms with E-state index < -0.39 is 0 Å². The predicted octanol–water partition coefficient (Wildman–Crippen LogP) is 0.245. The molecule has 102 valence electrons. The summed E-state index contributed by atoms with van der Waals surface area (Å²) in [6.45, 7) is 1.64. The van der Waals surface area contributed by atoms with Crippen molar-refractivity contribution in [2.75, 3.05) is 31.7 Å². The van der Waals surface area contributed by atoms with Crippen LogP contribution in [-0.2, 0) is 14.3 Å². The molecule has 0 aromatic heterocycles. The van der Waals surface area contributed by atoms with Crippen LogP contribution in [0, 0.1) is 0 Å². The number of ether oxygens (including phenoxy) is 1. The third-order valence-corrected chi connectivity index (χ3v) is 4.60. The van der Waals surface area contributed by atoms with Crippen LogP contribution in [0.4, 0.5) is 0 Å². The van der Waals surface area contributed by atoms with Gasteiger partial charge in [0.25, 0.3) is 0 Å². The minimum Gasteiger partial charge on any atom is -0.467 e. The van der Waals surface area contributed by atoms with E-state index in [9.17, 15) is 9.59 Å². The zero-order chi connectivity index (χ0) is 13.0. The Labute approximate surface area is 112 Å². The van der Waals surface area contributed by atoms with Crippen LogP contribution in [0.25, 0.3) is 0 Å². The molecular formula is C12H20N2O3S. The van der Waals surface area contributed by atoms with E-state index in [1.807, 2.05) is 11.8 Å². The highest BCUT2D eigenvalue weighted by atomic mass is 32.2. The monoisotopic (exact) mass is 272 g/mol. The van der Waals surface area contributed by atoms with E-state index >= 15 is 0 Å². The molecule has 0 aliphatic carbocycles. The number of nitrogens with zero attached hydrogens (tertiary/aromatic N) is 1. The summed E-state index contributed by atoms with van der Waals surface area (Å²) in [7, 11) is 1.38. The normalized spacial score (nSPS) is 28.2. The van der Waals surface area contributed by atoms with Gasteiger partial charge >= 0.3 is 5.97 Å². The second kappa shape index (κ2) is 6.43. The summed E-state index contributed by atoms with van der Waals surface area (Å²) >= 11 is 1.87. The van der Waals surface area contributed by atoms with E-state index in [1.54, 1.807) is 4.90 Å². The van der Waals surface area contributed by atoms with Crippen LogP contribution < -0.4 is 5.32 Å². The third kappa shape index (κ3) is 3.17. The molecule has 1 N–H and O–H groups in total. The minimum atomic E-state index is -0.362. The SMILES string of the molecule is COC(=O)C1CCCN1C(=O)CC1CSCCN1. The van der Waals surface area contributed by atoms with Crippen molar-refractivity contribution in [2.24, 2.45) is 0 Å². The Hall–Kier alpha value is -0.750. The van der Waals surface area contributed by atoms with Gasteiger partial charge in [0.05, 0.1) is 7.11 Å². The van der Waals surface area contributed by atoms with Crippen molar-refractivity contribution in [2.45, 2.75) is 31.3 Å². The van der Waals surface area contributed by atoms with Gasteiger partial charge in [0.15, 0.2) is 0 Å². The fraction of sp³-hybridized carbons (Fsp3) is 0.833. The molecule has 0 saturated carbocycles. The largest absolute Gasteiger partial charge is 0.467 e. The van der Waals surface area contributed by atoms with Crippen LogP contribution in [0.2, 0.25) is 0 Å². The first-order chi connectivity index (χ1) is 8.72. The number of methoxy groups -OCH3 is 1. The molecule has 0 aromatic carbocycles. The van der Waals surface area contributed by atoms with Gasteiger partial charge in [-0.25, -0.2) is 4.79 Å². The maximum atomic E-state index is 12.2. The number of hydrogen-bond acceptors (Lipinski definition) is 5. The molecule has 0 aromatic rings. The summed E-state index contributed by atoms with van der Waals surface area (Å²) in [5.41, 5.74) is 0. The zero-order valence-corrected chi connectivity index (χ0v) is 11.5.